The molecule has 0 radical (unpaired) electrons. The van der Waals surface area contributed by atoms with Crippen molar-refractivity contribution in [3.05, 3.63) is 66.5 Å². The van der Waals surface area contributed by atoms with Gasteiger partial charge in [-0.05, 0) is 42.5 Å². The molecule has 0 saturated heterocycles. The second kappa shape index (κ2) is 10.3. The predicted molar refractivity (Wildman–Crippen MR) is 119 cm³/mol. The minimum absolute atomic E-state index is 0.0316. The molecule has 2 heterocycles. The van der Waals surface area contributed by atoms with Gasteiger partial charge in [-0.1, -0.05) is 13.8 Å². The lowest BCUT2D eigenvalue weighted by Gasteiger charge is -2.13. The van der Waals surface area contributed by atoms with E-state index in [0.29, 0.717) is 5.69 Å². The Morgan fingerprint density at radius 3 is 2.34 bits per heavy atom. The Morgan fingerprint density at radius 1 is 1.09 bits per heavy atom. The minimum atomic E-state index is -1.16. The van der Waals surface area contributed by atoms with Gasteiger partial charge < -0.3 is 19.9 Å². The lowest BCUT2D eigenvalue weighted by Crippen LogP contribution is -2.19. The summed E-state index contributed by atoms with van der Waals surface area (Å²) < 4.78 is 15.4. The lowest BCUT2D eigenvalue weighted by molar-refractivity contribution is -0.139. The Kier molecular flexibility index (Phi) is 7.50. The maximum Gasteiger partial charge on any atom is 0.305 e. The minimum Gasteiger partial charge on any atom is -0.481 e. The molecule has 0 aliphatic heterocycles. The number of benzene rings is 1. The molecule has 0 fully saturated rings. The quantitative estimate of drug-likeness (QED) is 0.466. The first kappa shape index (κ1) is 23.3. The Labute approximate surface area is 185 Å². The van der Waals surface area contributed by atoms with Crippen LogP contribution in [0, 0.1) is 5.82 Å². The van der Waals surface area contributed by atoms with Crippen molar-refractivity contribution in [1.82, 2.24) is 14.5 Å². The maximum absolute atomic E-state index is 13.6. The van der Waals surface area contributed by atoms with Crippen molar-refractivity contribution >= 4 is 12.2 Å². The number of rotatable bonds is 9. The largest absolute Gasteiger partial charge is 0.481 e. The van der Waals surface area contributed by atoms with Gasteiger partial charge in [-0.3, -0.25) is 9.78 Å². The van der Waals surface area contributed by atoms with Gasteiger partial charge in [-0.2, -0.15) is 0 Å². The van der Waals surface area contributed by atoms with Crippen molar-refractivity contribution in [3.63, 3.8) is 0 Å². The second-order valence-corrected chi connectivity index (χ2v) is 7.83. The molecule has 3 aromatic rings. The maximum atomic E-state index is 13.6. The Hall–Kier alpha value is -3.36. The summed E-state index contributed by atoms with van der Waals surface area (Å²) in [6.45, 7) is 3.98. The number of aliphatic carboxylic acids is 1. The predicted octanol–water partition coefficient (Wildman–Crippen LogP) is 3.93. The number of aromatic nitrogens is 3. The van der Waals surface area contributed by atoms with E-state index < -0.39 is 24.6 Å². The molecule has 2 unspecified atom stereocenters. The lowest BCUT2D eigenvalue weighted by atomic mass is 10.1. The van der Waals surface area contributed by atoms with E-state index in [2.05, 4.69) is 4.98 Å². The fourth-order valence-electron chi connectivity index (χ4n) is 3.43. The zero-order chi connectivity index (χ0) is 23.3. The standard InChI is InChI=1S/C24H26FN3O4/c1-15(2)24-27-22(16-7-10-26-11-8-16)23(17-3-5-18(25)6-4-17)28(24)12-9-19(29)13-20(30)14-21(31)32/h3-12,15,19-20,29-30H,13-14H2,1-2H3,(H,31,32)/b12-9+. The van der Waals surface area contributed by atoms with Crippen LogP contribution >= 0.6 is 0 Å². The van der Waals surface area contributed by atoms with Gasteiger partial charge in [0.1, 0.15) is 11.6 Å². The summed E-state index contributed by atoms with van der Waals surface area (Å²) in [6.07, 6.45) is 3.70. The molecule has 3 rings (SSSR count). The van der Waals surface area contributed by atoms with E-state index in [-0.39, 0.29) is 18.2 Å². The number of pyridine rings is 1. The first-order valence-electron chi connectivity index (χ1n) is 10.3. The number of carboxylic acids is 1. The van der Waals surface area contributed by atoms with Gasteiger partial charge >= 0.3 is 5.97 Å². The van der Waals surface area contributed by atoms with Crippen LogP contribution in [0.3, 0.4) is 0 Å². The van der Waals surface area contributed by atoms with Crippen LogP contribution in [-0.4, -0.2) is 48.0 Å². The number of nitrogens with zero attached hydrogens (tertiary/aromatic N) is 3. The second-order valence-electron chi connectivity index (χ2n) is 7.83. The van der Waals surface area contributed by atoms with Crippen LogP contribution in [0.5, 0.6) is 0 Å². The molecule has 0 saturated carbocycles. The van der Waals surface area contributed by atoms with Crippen LogP contribution in [0.2, 0.25) is 0 Å². The van der Waals surface area contributed by atoms with E-state index in [1.807, 2.05) is 30.5 Å². The van der Waals surface area contributed by atoms with Gasteiger partial charge in [0.2, 0.25) is 0 Å². The SMILES string of the molecule is CC(C)c1nc(-c2ccncc2)c(-c2ccc(F)cc2)n1/C=C/C(O)CC(O)CC(=O)O. The molecular weight excluding hydrogens is 413 g/mol. The molecular formula is C24H26FN3O4. The molecule has 7 nitrogen and oxygen atoms in total. The number of carbonyl (C=O) groups is 1. The van der Waals surface area contributed by atoms with Crippen molar-refractivity contribution in [2.75, 3.05) is 0 Å². The number of aliphatic hydroxyl groups excluding tert-OH is 2. The van der Waals surface area contributed by atoms with Gasteiger partial charge in [0.15, 0.2) is 0 Å². The molecule has 2 atom stereocenters. The van der Waals surface area contributed by atoms with E-state index in [9.17, 15) is 19.4 Å². The van der Waals surface area contributed by atoms with Crippen LogP contribution in [0.25, 0.3) is 28.7 Å². The summed E-state index contributed by atoms with van der Waals surface area (Å²) in [5, 5.41) is 28.9. The van der Waals surface area contributed by atoms with Crippen LogP contribution in [-0.2, 0) is 4.79 Å². The monoisotopic (exact) mass is 439 g/mol. The van der Waals surface area contributed by atoms with Crippen LogP contribution in [0.15, 0.2) is 54.9 Å². The van der Waals surface area contributed by atoms with Crippen molar-refractivity contribution in [2.24, 2.45) is 0 Å². The molecule has 8 heteroatoms. The van der Waals surface area contributed by atoms with Crippen LogP contribution in [0.4, 0.5) is 4.39 Å². The molecule has 0 amide bonds. The topological polar surface area (TPSA) is 108 Å². The average molecular weight is 439 g/mol. The van der Waals surface area contributed by atoms with Crippen molar-refractivity contribution in [3.8, 4) is 22.5 Å². The van der Waals surface area contributed by atoms with E-state index >= 15 is 0 Å². The van der Waals surface area contributed by atoms with Crippen molar-refractivity contribution in [1.29, 1.82) is 0 Å². The number of imidazole rings is 1. The summed E-state index contributed by atoms with van der Waals surface area (Å²) >= 11 is 0. The average Bonchev–Trinajstić information content (AvgIpc) is 3.12. The van der Waals surface area contributed by atoms with E-state index in [1.54, 1.807) is 30.7 Å². The number of hydrogen-bond acceptors (Lipinski definition) is 5. The molecule has 168 valence electrons. The number of hydrogen-bond donors (Lipinski definition) is 3. The van der Waals surface area contributed by atoms with Gasteiger partial charge in [0.25, 0.3) is 0 Å². The highest BCUT2D eigenvalue weighted by atomic mass is 19.1. The summed E-state index contributed by atoms with van der Waals surface area (Å²) in [4.78, 5) is 19.6. The summed E-state index contributed by atoms with van der Waals surface area (Å²) in [5.74, 6) is -0.728. The fourth-order valence-corrected chi connectivity index (χ4v) is 3.43. The van der Waals surface area contributed by atoms with Gasteiger partial charge in [0.05, 0.1) is 30.0 Å². The van der Waals surface area contributed by atoms with Crippen molar-refractivity contribution < 1.29 is 24.5 Å². The Balaban J connectivity index is 2.08. The third-order valence-electron chi connectivity index (χ3n) is 4.91. The molecule has 1 aromatic carbocycles. The fraction of sp³-hybridized carbons (Fsp3) is 0.292. The number of carboxylic acid groups (broad SMARTS) is 1. The molecule has 0 bridgehead atoms. The highest BCUT2D eigenvalue weighted by Gasteiger charge is 2.21. The Bertz CT molecular complexity index is 1080. The van der Waals surface area contributed by atoms with Gasteiger partial charge in [-0.25, -0.2) is 9.37 Å². The molecule has 2 aromatic heterocycles. The van der Waals surface area contributed by atoms with Crippen LogP contribution < -0.4 is 0 Å². The smallest absolute Gasteiger partial charge is 0.305 e. The number of aliphatic hydroxyl groups is 2. The summed E-state index contributed by atoms with van der Waals surface area (Å²) in [6, 6.07) is 9.75. The van der Waals surface area contributed by atoms with Gasteiger partial charge in [-0.15, -0.1) is 0 Å². The zero-order valence-electron chi connectivity index (χ0n) is 17.9. The summed E-state index contributed by atoms with van der Waals surface area (Å²) in [5.41, 5.74) is 2.98. The zero-order valence-corrected chi connectivity index (χ0v) is 17.9. The summed E-state index contributed by atoms with van der Waals surface area (Å²) in [7, 11) is 0. The van der Waals surface area contributed by atoms with E-state index in [0.717, 1.165) is 22.6 Å². The van der Waals surface area contributed by atoms with E-state index in [4.69, 9.17) is 10.1 Å². The first-order chi connectivity index (χ1) is 15.3. The molecule has 32 heavy (non-hydrogen) atoms. The Morgan fingerprint density at radius 2 is 1.75 bits per heavy atom. The molecule has 0 aliphatic carbocycles. The van der Waals surface area contributed by atoms with E-state index in [1.165, 1.54) is 18.2 Å². The number of halogens is 1. The highest BCUT2D eigenvalue weighted by Crippen LogP contribution is 2.35. The molecule has 0 aliphatic rings. The normalized spacial score (nSPS) is 13.6. The van der Waals surface area contributed by atoms with Gasteiger partial charge in [0, 0.05) is 42.1 Å². The first-order valence-corrected chi connectivity index (χ1v) is 10.3. The van der Waals surface area contributed by atoms with Crippen molar-refractivity contribution in [2.45, 2.75) is 44.8 Å². The highest BCUT2D eigenvalue weighted by molar-refractivity contribution is 5.80. The third-order valence-corrected chi connectivity index (χ3v) is 4.91. The third kappa shape index (κ3) is 5.66. The molecule has 0 spiro atoms. The molecule has 3 N–H and O–H groups in total. The van der Waals surface area contributed by atoms with Crippen LogP contribution in [0.1, 0.15) is 38.4 Å².